The number of halogens is 1. The predicted molar refractivity (Wildman–Crippen MR) is 134 cm³/mol. The van der Waals surface area contributed by atoms with E-state index in [9.17, 15) is 0 Å². The van der Waals surface area contributed by atoms with Crippen molar-refractivity contribution in [2.45, 2.75) is 13.8 Å². The summed E-state index contributed by atoms with van der Waals surface area (Å²) in [5, 5.41) is 6.26. The van der Waals surface area contributed by atoms with Crippen LogP contribution in [0.15, 0.2) is 114 Å². The minimum atomic E-state index is -2.30. The van der Waals surface area contributed by atoms with E-state index >= 15 is 0 Å². The lowest BCUT2D eigenvalue weighted by Gasteiger charge is -2.28. The molecule has 0 amide bonds. The molecule has 0 unspecified atom stereocenters. The van der Waals surface area contributed by atoms with Crippen molar-refractivity contribution in [1.82, 2.24) is 0 Å². The Bertz CT molecular complexity index is 1080. The third-order valence-electron chi connectivity index (χ3n) is 4.90. The van der Waals surface area contributed by atoms with E-state index in [-0.39, 0.29) is 12.4 Å². The molecule has 0 aromatic heterocycles. The average Bonchev–Trinajstić information content (AvgIpc) is 2.77. The molecule has 0 aliphatic rings. The molecule has 4 aromatic rings. The third kappa shape index (κ3) is 4.84. The Morgan fingerprint density at radius 3 is 1.47 bits per heavy atom. The summed E-state index contributed by atoms with van der Waals surface area (Å²) in [6.07, 6.45) is 0. The van der Waals surface area contributed by atoms with Crippen LogP contribution in [0.4, 0.5) is 11.4 Å². The van der Waals surface area contributed by atoms with E-state index in [0.29, 0.717) is 0 Å². The lowest BCUT2D eigenvalue weighted by atomic mass is 10.2. The standard InChI is InChI=1S/C26H25N2P.ClH/c1-21-13-17-23(18-14-21)27-29(25-9-5-3-6-10-25,26-11-7-4-8-12-26)28-24-19-15-22(2)16-20-24;/h3-20,27H,1-2H3;1H. The first-order valence-corrected chi connectivity index (χ1v) is 11.6. The third-order valence-corrected chi connectivity index (χ3v) is 8.11. The van der Waals surface area contributed by atoms with Crippen molar-refractivity contribution in [3.05, 3.63) is 120 Å². The van der Waals surface area contributed by atoms with Gasteiger partial charge in [-0.05, 0) is 38.1 Å². The average molecular weight is 433 g/mol. The van der Waals surface area contributed by atoms with Gasteiger partial charge in [-0.1, -0.05) is 96.1 Å². The fourth-order valence-corrected chi connectivity index (χ4v) is 6.35. The Morgan fingerprint density at radius 2 is 1.00 bits per heavy atom. The summed E-state index contributed by atoms with van der Waals surface area (Å²) in [4.78, 5) is 0. The Labute approximate surface area is 185 Å². The van der Waals surface area contributed by atoms with Crippen molar-refractivity contribution in [3.63, 3.8) is 0 Å². The molecule has 0 heterocycles. The molecular weight excluding hydrogens is 407 g/mol. The highest BCUT2D eigenvalue weighted by Crippen LogP contribution is 2.49. The van der Waals surface area contributed by atoms with E-state index in [1.54, 1.807) is 0 Å². The van der Waals surface area contributed by atoms with Gasteiger partial charge < -0.3 is 5.09 Å². The van der Waals surface area contributed by atoms with Crippen LogP contribution in [0.5, 0.6) is 0 Å². The van der Waals surface area contributed by atoms with Crippen LogP contribution in [0.2, 0.25) is 0 Å². The number of hydrogen-bond donors (Lipinski definition) is 1. The van der Waals surface area contributed by atoms with Gasteiger partial charge in [-0.3, -0.25) is 0 Å². The number of anilines is 1. The summed E-state index contributed by atoms with van der Waals surface area (Å²) in [6, 6.07) is 38.2. The first-order valence-electron chi connectivity index (χ1n) is 9.81. The highest BCUT2D eigenvalue weighted by Gasteiger charge is 2.25. The summed E-state index contributed by atoms with van der Waals surface area (Å²) in [5.41, 5.74) is 4.54. The van der Waals surface area contributed by atoms with Gasteiger partial charge in [0.05, 0.1) is 5.69 Å². The molecule has 0 radical (unpaired) electrons. The number of rotatable bonds is 5. The summed E-state index contributed by atoms with van der Waals surface area (Å²) < 4.78 is 5.39. The van der Waals surface area contributed by atoms with Crippen LogP contribution in [0.3, 0.4) is 0 Å². The molecule has 0 aliphatic carbocycles. The Kier molecular flexibility index (Phi) is 7.15. The van der Waals surface area contributed by atoms with Gasteiger partial charge in [0, 0.05) is 16.3 Å². The van der Waals surface area contributed by atoms with Crippen molar-refractivity contribution in [3.8, 4) is 0 Å². The maximum absolute atomic E-state index is 5.39. The lowest BCUT2D eigenvalue weighted by molar-refractivity contribution is 1.44. The zero-order chi connectivity index (χ0) is 20.1. The molecule has 0 bridgehead atoms. The van der Waals surface area contributed by atoms with Gasteiger partial charge in [0.1, 0.15) is 7.21 Å². The smallest absolute Gasteiger partial charge is 0.115 e. The second-order valence-corrected chi connectivity index (χ2v) is 9.95. The van der Waals surface area contributed by atoms with Crippen LogP contribution in [0.25, 0.3) is 0 Å². The zero-order valence-electron chi connectivity index (χ0n) is 17.2. The minimum Gasteiger partial charge on any atom is -0.345 e. The number of aryl methyl sites for hydroxylation is 2. The molecule has 0 saturated carbocycles. The van der Waals surface area contributed by atoms with E-state index < -0.39 is 7.21 Å². The highest BCUT2D eigenvalue weighted by molar-refractivity contribution is 7.82. The lowest BCUT2D eigenvalue weighted by Crippen LogP contribution is -2.22. The van der Waals surface area contributed by atoms with Gasteiger partial charge in [-0.2, -0.15) is 0 Å². The van der Waals surface area contributed by atoms with E-state index in [2.05, 4.69) is 128 Å². The fraction of sp³-hybridized carbons (Fsp3) is 0.0769. The number of hydrogen-bond acceptors (Lipinski definition) is 1. The Balaban J connectivity index is 0.00000256. The summed E-state index contributed by atoms with van der Waals surface area (Å²) in [6.45, 7) is 4.21. The van der Waals surface area contributed by atoms with Gasteiger partial charge >= 0.3 is 0 Å². The second kappa shape index (κ2) is 9.80. The quantitative estimate of drug-likeness (QED) is 0.330. The monoisotopic (exact) mass is 432 g/mol. The molecule has 152 valence electrons. The van der Waals surface area contributed by atoms with Crippen LogP contribution >= 0.6 is 19.6 Å². The normalized spacial score (nSPS) is 10.7. The van der Waals surface area contributed by atoms with E-state index in [1.807, 2.05) is 0 Å². The zero-order valence-corrected chi connectivity index (χ0v) is 18.9. The minimum absolute atomic E-state index is 0. The van der Waals surface area contributed by atoms with Crippen LogP contribution in [-0.4, -0.2) is 0 Å². The maximum Gasteiger partial charge on any atom is 0.115 e. The van der Waals surface area contributed by atoms with Crippen molar-refractivity contribution in [2.24, 2.45) is 4.74 Å². The van der Waals surface area contributed by atoms with Crippen LogP contribution < -0.4 is 15.7 Å². The fourth-order valence-electron chi connectivity index (χ4n) is 3.31. The van der Waals surface area contributed by atoms with Crippen LogP contribution in [-0.2, 0) is 0 Å². The summed E-state index contributed by atoms with van der Waals surface area (Å²) in [7, 11) is -2.30. The van der Waals surface area contributed by atoms with Gasteiger partial charge in [0.15, 0.2) is 0 Å². The van der Waals surface area contributed by atoms with Gasteiger partial charge in [-0.25, -0.2) is 4.74 Å². The summed E-state index contributed by atoms with van der Waals surface area (Å²) in [5.74, 6) is 0. The van der Waals surface area contributed by atoms with Crippen molar-refractivity contribution in [2.75, 3.05) is 5.09 Å². The molecule has 2 nitrogen and oxygen atoms in total. The molecular formula is C26H26ClN2P. The van der Waals surface area contributed by atoms with Crippen molar-refractivity contribution >= 4 is 41.6 Å². The molecule has 0 saturated heterocycles. The Hall–Kier alpha value is -2.80. The van der Waals surface area contributed by atoms with E-state index in [1.165, 1.54) is 21.7 Å². The maximum atomic E-state index is 5.39. The molecule has 30 heavy (non-hydrogen) atoms. The molecule has 1 N–H and O–H groups in total. The van der Waals surface area contributed by atoms with Gasteiger partial charge in [0.2, 0.25) is 0 Å². The van der Waals surface area contributed by atoms with E-state index in [4.69, 9.17) is 4.74 Å². The van der Waals surface area contributed by atoms with Gasteiger partial charge in [0.25, 0.3) is 0 Å². The Morgan fingerprint density at radius 1 is 0.567 bits per heavy atom. The first-order chi connectivity index (χ1) is 14.2. The molecule has 0 atom stereocenters. The van der Waals surface area contributed by atoms with Crippen LogP contribution in [0, 0.1) is 13.8 Å². The molecule has 4 heteroatoms. The predicted octanol–water partition coefficient (Wildman–Crippen LogP) is 7.24. The number of benzene rings is 4. The van der Waals surface area contributed by atoms with Crippen molar-refractivity contribution < 1.29 is 0 Å². The highest BCUT2D eigenvalue weighted by atomic mass is 35.5. The topological polar surface area (TPSA) is 24.4 Å². The SMILES string of the molecule is Cc1ccc(N=P(Nc2ccc(C)cc2)(c2ccccc2)c2ccccc2)cc1.Cl. The second-order valence-electron chi connectivity index (χ2n) is 7.22. The molecule has 0 spiro atoms. The van der Waals surface area contributed by atoms with Gasteiger partial charge in [-0.15, -0.1) is 12.4 Å². The van der Waals surface area contributed by atoms with Crippen molar-refractivity contribution in [1.29, 1.82) is 0 Å². The first kappa shape index (κ1) is 21.9. The summed E-state index contributed by atoms with van der Waals surface area (Å²) >= 11 is 0. The van der Waals surface area contributed by atoms with Crippen LogP contribution in [0.1, 0.15) is 11.1 Å². The number of nitrogens with one attached hydrogen (secondary N) is 1. The molecule has 4 rings (SSSR count). The largest absolute Gasteiger partial charge is 0.345 e. The molecule has 4 aromatic carbocycles. The van der Waals surface area contributed by atoms with E-state index in [0.717, 1.165) is 11.4 Å². The molecule has 0 fully saturated rings. The molecule has 0 aliphatic heterocycles. The number of nitrogens with zero attached hydrogens (tertiary/aromatic N) is 1.